The van der Waals surface area contributed by atoms with E-state index < -0.39 is 0 Å². The van der Waals surface area contributed by atoms with E-state index in [1.54, 1.807) is 17.0 Å². The number of nitrogens with zero attached hydrogens (tertiary/aromatic N) is 2. The van der Waals surface area contributed by atoms with Crippen molar-refractivity contribution < 1.29 is 18.7 Å². The van der Waals surface area contributed by atoms with Gasteiger partial charge in [-0.3, -0.25) is 9.59 Å². The highest BCUT2D eigenvalue weighted by Gasteiger charge is 2.28. The minimum Gasteiger partial charge on any atom is -0.484 e. The van der Waals surface area contributed by atoms with Crippen LogP contribution in [0.2, 0.25) is 0 Å². The molecule has 5 nitrogen and oxygen atoms in total. The Balaban J connectivity index is 1.48. The molecule has 1 aliphatic carbocycles. The molecule has 1 aliphatic heterocycles. The number of benzene rings is 1. The molecular formula is C20H27FN2O3. The molecule has 0 unspecified atom stereocenters. The third-order valence-corrected chi connectivity index (χ3v) is 5.27. The fourth-order valence-corrected chi connectivity index (χ4v) is 3.79. The molecule has 6 heteroatoms. The SMILES string of the molecule is O=C(COc1cccc(F)c1)N1CCCN(C(=O)C2CCCCC2)CC1. The van der Waals surface area contributed by atoms with Crippen molar-refractivity contribution >= 4 is 11.8 Å². The van der Waals surface area contributed by atoms with Crippen molar-refractivity contribution in [3.05, 3.63) is 30.1 Å². The maximum atomic E-state index is 13.2. The molecule has 1 saturated carbocycles. The molecule has 0 bridgehead atoms. The van der Waals surface area contributed by atoms with Gasteiger partial charge in [0.05, 0.1) is 0 Å². The summed E-state index contributed by atoms with van der Waals surface area (Å²) in [5, 5.41) is 0. The van der Waals surface area contributed by atoms with Gasteiger partial charge in [0.1, 0.15) is 11.6 Å². The van der Waals surface area contributed by atoms with Crippen molar-refractivity contribution in [3.8, 4) is 5.75 Å². The Labute approximate surface area is 154 Å². The van der Waals surface area contributed by atoms with Gasteiger partial charge in [0.25, 0.3) is 5.91 Å². The molecule has 26 heavy (non-hydrogen) atoms. The van der Waals surface area contributed by atoms with E-state index in [9.17, 15) is 14.0 Å². The average Bonchev–Trinajstić information content (AvgIpc) is 2.92. The Kier molecular flexibility index (Phi) is 6.47. The van der Waals surface area contributed by atoms with Crippen molar-refractivity contribution in [2.24, 2.45) is 5.92 Å². The van der Waals surface area contributed by atoms with Crippen molar-refractivity contribution in [2.75, 3.05) is 32.8 Å². The highest BCUT2D eigenvalue weighted by atomic mass is 19.1. The summed E-state index contributed by atoms with van der Waals surface area (Å²) in [7, 11) is 0. The number of carbonyl (C=O) groups is 2. The van der Waals surface area contributed by atoms with Crippen LogP contribution in [0.4, 0.5) is 4.39 Å². The van der Waals surface area contributed by atoms with Crippen LogP contribution in [-0.4, -0.2) is 54.4 Å². The maximum absolute atomic E-state index is 13.2. The highest BCUT2D eigenvalue weighted by molar-refractivity contribution is 5.80. The Bertz CT molecular complexity index is 631. The lowest BCUT2D eigenvalue weighted by molar-refractivity contribution is -0.137. The van der Waals surface area contributed by atoms with Gasteiger partial charge in [-0.15, -0.1) is 0 Å². The Morgan fingerprint density at radius 1 is 1.00 bits per heavy atom. The number of amides is 2. The molecule has 1 aromatic carbocycles. The molecular weight excluding hydrogens is 335 g/mol. The zero-order chi connectivity index (χ0) is 18.4. The van der Waals surface area contributed by atoms with Gasteiger partial charge in [-0.25, -0.2) is 4.39 Å². The van der Waals surface area contributed by atoms with Gasteiger partial charge in [0, 0.05) is 38.2 Å². The first-order valence-electron chi connectivity index (χ1n) is 9.58. The molecule has 0 atom stereocenters. The molecule has 142 valence electrons. The third-order valence-electron chi connectivity index (χ3n) is 5.27. The average molecular weight is 362 g/mol. The number of rotatable bonds is 4. The van der Waals surface area contributed by atoms with E-state index in [2.05, 4.69) is 0 Å². The van der Waals surface area contributed by atoms with Gasteiger partial charge in [0.15, 0.2) is 6.61 Å². The van der Waals surface area contributed by atoms with Crippen LogP contribution in [-0.2, 0) is 9.59 Å². The van der Waals surface area contributed by atoms with E-state index in [0.717, 1.165) is 32.1 Å². The molecule has 1 saturated heterocycles. The number of carbonyl (C=O) groups excluding carboxylic acids is 2. The van der Waals surface area contributed by atoms with Crippen LogP contribution < -0.4 is 4.74 Å². The highest BCUT2D eigenvalue weighted by Crippen LogP contribution is 2.25. The smallest absolute Gasteiger partial charge is 0.260 e. The van der Waals surface area contributed by atoms with E-state index in [4.69, 9.17) is 4.74 Å². The summed E-state index contributed by atoms with van der Waals surface area (Å²) in [5.74, 6) is 0.266. The molecule has 0 aromatic heterocycles. The minimum absolute atomic E-state index is 0.111. The van der Waals surface area contributed by atoms with E-state index in [1.165, 1.54) is 18.6 Å². The topological polar surface area (TPSA) is 49.9 Å². The minimum atomic E-state index is -0.387. The molecule has 0 spiro atoms. The van der Waals surface area contributed by atoms with Gasteiger partial charge < -0.3 is 14.5 Å². The van der Waals surface area contributed by atoms with Crippen LogP contribution in [0.25, 0.3) is 0 Å². The Morgan fingerprint density at radius 2 is 1.73 bits per heavy atom. The second-order valence-electron chi connectivity index (χ2n) is 7.14. The second kappa shape index (κ2) is 9.01. The first kappa shape index (κ1) is 18.7. The zero-order valence-corrected chi connectivity index (χ0v) is 15.2. The molecule has 1 heterocycles. The van der Waals surface area contributed by atoms with Crippen LogP contribution in [0.5, 0.6) is 5.75 Å². The van der Waals surface area contributed by atoms with Gasteiger partial charge in [0.2, 0.25) is 5.91 Å². The lowest BCUT2D eigenvalue weighted by atomic mass is 9.88. The first-order valence-corrected chi connectivity index (χ1v) is 9.58. The molecule has 2 aliphatic rings. The summed E-state index contributed by atoms with van der Waals surface area (Å²) >= 11 is 0. The number of ether oxygens (including phenoxy) is 1. The van der Waals surface area contributed by atoms with Gasteiger partial charge >= 0.3 is 0 Å². The van der Waals surface area contributed by atoms with Crippen LogP contribution in [0.1, 0.15) is 38.5 Å². The maximum Gasteiger partial charge on any atom is 0.260 e. The lowest BCUT2D eigenvalue weighted by Crippen LogP contribution is -2.41. The monoisotopic (exact) mass is 362 g/mol. The summed E-state index contributed by atoms with van der Waals surface area (Å²) in [6, 6.07) is 5.78. The number of hydrogen-bond acceptors (Lipinski definition) is 3. The summed E-state index contributed by atoms with van der Waals surface area (Å²) < 4.78 is 18.6. The molecule has 2 amide bonds. The van der Waals surface area contributed by atoms with Crippen LogP contribution in [0.3, 0.4) is 0 Å². The molecule has 3 rings (SSSR count). The zero-order valence-electron chi connectivity index (χ0n) is 15.2. The van der Waals surface area contributed by atoms with Crippen molar-refractivity contribution in [1.29, 1.82) is 0 Å². The largest absolute Gasteiger partial charge is 0.484 e. The predicted octanol–water partition coefficient (Wildman–Crippen LogP) is 2.85. The fourth-order valence-electron chi connectivity index (χ4n) is 3.79. The quantitative estimate of drug-likeness (QED) is 0.828. The number of hydrogen-bond donors (Lipinski definition) is 0. The van der Waals surface area contributed by atoms with Crippen molar-refractivity contribution in [3.63, 3.8) is 0 Å². The summed E-state index contributed by atoms with van der Waals surface area (Å²) in [4.78, 5) is 28.7. The standard InChI is InChI=1S/C20H27FN2O3/c21-17-8-4-9-18(14-17)26-15-19(24)22-10-5-11-23(13-12-22)20(25)16-6-2-1-3-7-16/h4,8-9,14,16H,1-3,5-7,10-13,15H2. The van der Waals surface area contributed by atoms with E-state index in [0.29, 0.717) is 31.9 Å². The van der Waals surface area contributed by atoms with Crippen molar-refractivity contribution in [2.45, 2.75) is 38.5 Å². The van der Waals surface area contributed by atoms with E-state index in [-0.39, 0.29) is 30.2 Å². The predicted molar refractivity (Wildman–Crippen MR) is 96.2 cm³/mol. The van der Waals surface area contributed by atoms with Gasteiger partial charge in [-0.05, 0) is 31.4 Å². The number of halogens is 1. The lowest BCUT2D eigenvalue weighted by Gasteiger charge is -2.28. The first-order chi connectivity index (χ1) is 12.6. The van der Waals surface area contributed by atoms with Crippen LogP contribution in [0.15, 0.2) is 24.3 Å². The molecule has 0 radical (unpaired) electrons. The van der Waals surface area contributed by atoms with Gasteiger partial charge in [-0.1, -0.05) is 25.3 Å². The molecule has 0 N–H and O–H groups in total. The summed E-state index contributed by atoms with van der Waals surface area (Å²) in [6.45, 7) is 2.34. The van der Waals surface area contributed by atoms with E-state index >= 15 is 0 Å². The third kappa shape index (κ3) is 4.96. The summed E-state index contributed by atoms with van der Waals surface area (Å²) in [5.41, 5.74) is 0. The Morgan fingerprint density at radius 3 is 2.50 bits per heavy atom. The normalized spacial score (nSPS) is 19.1. The van der Waals surface area contributed by atoms with E-state index in [1.807, 2.05) is 4.90 Å². The van der Waals surface area contributed by atoms with Gasteiger partial charge in [-0.2, -0.15) is 0 Å². The fraction of sp³-hybridized carbons (Fsp3) is 0.600. The molecule has 2 fully saturated rings. The van der Waals surface area contributed by atoms with Crippen molar-refractivity contribution in [1.82, 2.24) is 9.80 Å². The summed E-state index contributed by atoms with van der Waals surface area (Å²) in [6.07, 6.45) is 6.30. The second-order valence-corrected chi connectivity index (χ2v) is 7.14. The van der Waals surface area contributed by atoms with Crippen LogP contribution >= 0.6 is 0 Å². The Hall–Kier alpha value is -2.11. The molecule has 1 aromatic rings. The van der Waals surface area contributed by atoms with Crippen LogP contribution in [0, 0.1) is 11.7 Å².